The van der Waals surface area contributed by atoms with E-state index in [0.717, 1.165) is 12.0 Å². The minimum absolute atomic E-state index is 0.122. The molecule has 2 aromatic rings. The van der Waals surface area contributed by atoms with E-state index < -0.39 is 5.97 Å². The van der Waals surface area contributed by atoms with Gasteiger partial charge in [-0.2, -0.15) is 0 Å². The van der Waals surface area contributed by atoms with Crippen molar-refractivity contribution in [2.75, 3.05) is 32.9 Å². The van der Waals surface area contributed by atoms with Gasteiger partial charge in [0.15, 0.2) is 0 Å². The number of morpholine rings is 1. The summed E-state index contributed by atoms with van der Waals surface area (Å²) in [6, 6.07) is 7.95. The molecule has 0 spiro atoms. The van der Waals surface area contributed by atoms with Crippen LogP contribution in [0.4, 0.5) is 0 Å². The van der Waals surface area contributed by atoms with Crippen molar-refractivity contribution < 1.29 is 19.1 Å². The van der Waals surface area contributed by atoms with Crippen molar-refractivity contribution in [1.29, 1.82) is 0 Å². The highest BCUT2D eigenvalue weighted by atomic mass is 32.1. The van der Waals surface area contributed by atoms with Crippen LogP contribution in [-0.2, 0) is 32.0 Å². The molecule has 0 N–H and O–H groups in total. The maximum atomic E-state index is 13.0. The van der Waals surface area contributed by atoms with E-state index in [-0.39, 0.29) is 24.6 Å². The van der Waals surface area contributed by atoms with E-state index in [4.69, 9.17) is 9.47 Å². The molecule has 1 aliphatic heterocycles. The van der Waals surface area contributed by atoms with Crippen LogP contribution in [-0.4, -0.2) is 54.3 Å². The molecule has 1 aromatic carbocycles. The third-order valence-corrected chi connectivity index (χ3v) is 5.87. The minimum atomic E-state index is -0.537. The van der Waals surface area contributed by atoms with Crippen molar-refractivity contribution in [2.24, 2.45) is 0 Å². The Labute approximate surface area is 178 Å². The summed E-state index contributed by atoms with van der Waals surface area (Å²) >= 11 is 1.18. The Bertz CT molecular complexity index is 1060. The second-order valence-corrected chi connectivity index (χ2v) is 7.89. The number of rotatable bonds is 6. The molecular weight excluding hydrogens is 404 g/mol. The lowest BCUT2D eigenvalue weighted by atomic mass is 10.1. The van der Waals surface area contributed by atoms with E-state index in [1.807, 2.05) is 24.3 Å². The number of hydrogen-bond acceptors (Lipinski definition) is 6. The number of thiazole rings is 1. The van der Waals surface area contributed by atoms with Crippen LogP contribution in [0.5, 0.6) is 0 Å². The van der Waals surface area contributed by atoms with Crippen LogP contribution in [0, 0.1) is 0 Å². The lowest BCUT2D eigenvalue weighted by molar-refractivity contribution is -0.136. The number of esters is 1. The zero-order chi connectivity index (χ0) is 21.5. The molecule has 0 radical (unpaired) electrons. The molecule has 1 saturated heterocycles. The van der Waals surface area contributed by atoms with E-state index in [9.17, 15) is 14.4 Å². The summed E-state index contributed by atoms with van der Waals surface area (Å²) in [5.41, 5.74) is 1.81. The predicted octanol–water partition coefficient (Wildman–Crippen LogP) is 0.503. The zero-order valence-electron chi connectivity index (χ0n) is 17.3. The highest BCUT2D eigenvalue weighted by Gasteiger charge is 2.19. The van der Waals surface area contributed by atoms with E-state index in [1.54, 1.807) is 17.9 Å². The van der Waals surface area contributed by atoms with Gasteiger partial charge in [-0.25, -0.2) is 4.79 Å². The fraction of sp³-hybridized carbons (Fsp3) is 0.409. The van der Waals surface area contributed by atoms with Gasteiger partial charge in [-0.15, -0.1) is 11.3 Å². The van der Waals surface area contributed by atoms with Crippen LogP contribution in [0.15, 0.2) is 29.1 Å². The number of carbonyl (C=O) groups excluding carboxylic acids is 2. The number of hydrogen-bond donors (Lipinski definition) is 0. The standard InChI is InChI=1S/C22H26N2O5S/c1-3-16-5-7-17(8-6-16)13-18-22(27)24(20(30-18)14-21(26)29-4-2)15-19(25)23-9-11-28-12-10-23/h5-8,13-14H,3-4,9-12,15H2,1-2H3/b18-13-,20-14+. The number of nitrogens with zero attached hydrogens (tertiary/aromatic N) is 2. The van der Waals surface area contributed by atoms with Gasteiger partial charge in [0.2, 0.25) is 5.91 Å². The van der Waals surface area contributed by atoms with Gasteiger partial charge < -0.3 is 14.4 Å². The second kappa shape index (κ2) is 10.4. The van der Waals surface area contributed by atoms with Crippen LogP contribution in [0.25, 0.3) is 12.2 Å². The molecule has 1 aromatic heterocycles. The van der Waals surface area contributed by atoms with Crippen LogP contribution in [0.1, 0.15) is 25.0 Å². The van der Waals surface area contributed by atoms with E-state index in [0.29, 0.717) is 35.5 Å². The van der Waals surface area contributed by atoms with Crippen LogP contribution in [0.2, 0.25) is 0 Å². The van der Waals surface area contributed by atoms with E-state index in [1.165, 1.54) is 27.5 Å². The number of ether oxygens (including phenoxy) is 2. The van der Waals surface area contributed by atoms with Crippen LogP contribution >= 0.6 is 11.3 Å². The van der Waals surface area contributed by atoms with Gasteiger partial charge in [0.25, 0.3) is 5.56 Å². The van der Waals surface area contributed by atoms with E-state index >= 15 is 0 Å². The average molecular weight is 431 g/mol. The summed E-state index contributed by atoms with van der Waals surface area (Å²) in [7, 11) is 0. The van der Waals surface area contributed by atoms with E-state index in [2.05, 4.69) is 6.92 Å². The summed E-state index contributed by atoms with van der Waals surface area (Å²) in [5.74, 6) is -0.708. The first kappa shape index (κ1) is 22.0. The smallest absolute Gasteiger partial charge is 0.333 e. The maximum Gasteiger partial charge on any atom is 0.333 e. The average Bonchev–Trinajstić information content (AvgIpc) is 3.03. The van der Waals surface area contributed by atoms with Gasteiger partial charge in [-0.1, -0.05) is 31.2 Å². The predicted molar refractivity (Wildman–Crippen MR) is 116 cm³/mol. The lowest BCUT2D eigenvalue weighted by Crippen LogP contribution is -2.45. The Morgan fingerprint density at radius 1 is 1.17 bits per heavy atom. The molecule has 30 heavy (non-hydrogen) atoms. The fourth-order valence-corrected chi connectivity index (χ4v) is 4.16. The third-order valence-electron chi connectivity index (χ3n) is 4.81. The van der Waals surface area contributed by atoms with Crippen LogP contribution in [0.3, 0.4) is 0 Å². The van der Waals surface area contributed by atoms with Gasteiger partial charge >= 0.3 is 5.97 Å². The molecule has 0 aliphatic carbocycles. The fourth-order valence-electron chi connectivity index (χ4n) is 3.13. The molecule has 2 heterocycles. The highest BCUT2D eigenvalue weighted by Crippen LogP contribution is 2.05. The molecule has 7 nitrogen and oxygen atoms in total. The summed E-state index contributed by atoms with van der Waals surface area (Å²) in [6.45, 7) is 5.88. The Morgan fingerprint density at radius 2 is 1.87 bits per heavy atom. The van der Waals surface area contributed by atoms with Gasteiger partial charge in [-0.05, 0) is 30.5 Å². The summed E-state index contributed by atoms with van der Waals surface area (Å²) in [5, 5.41) is 0. The SMILES string of the molecule is CCOC(=O)/C=c1/s/c(=C\c2ccc(CC)cc2)c(=O)n1CC(=O)N1CCOCC1. The second-order valence-electron chi connectivity index (χ2n) is 6.82. The van der Waals surface area contributed by atoms with Crippen molar-refractivity contribution in [3.63, 3.8) is 0 Å². The molecule has 3 rings (SSSR count). The monoisotopic (exact) mass is 430 g/mol. The molecule has 1 amide bonds. The number of aromatic nitrogens is 1. The number of amides is 1. The molecule has 0 saturated carbocycles. The van der Waals surface area contributed by atoms with Crippen molar-refractivity contribution in [3.05, 3.63) is 54.9 Å². The molecule has 8 heteroatoms. The molecular formula is C22H26N2O5S. The third kappa shape index (κ3) is 5.46. The van der Waals surface area contributed by atoms with Gasteiger partial charge in [0.1, 0.15) is 11.2 Å². The summed E-state index contributed by atoms with van der Waals surface area (Å²) in [6.07, 6.45) is 4.00. The first-order chi connectivity index (χ1) is 14.5. The lowest BCUT2D eigenvalue weighted by Gasteiger charge is -2.26. The Balaban J connectivity index is 2.00. The highest BCUT2D eigenvalue weighted by molar-refractivity contribution is 7.07. The largest absolute Gasteiger partial charge is 0.463 e. The van der Waals surface area contributed by atoms with Crippen LogP contribution < -0.4 is 14.8 Å². The maximum absolute atomic E-state index is 13.0. The molecule has 0 bridgehead atoms. The normalized spacial score (nSPS) is 15.5. The van der Waals surface area contributed by atoms with Crippen molar-refractivity contribution >= 4 is 35.4 Å². The zero-order valence-corrected chi connectivity index (χ0v) is 18.1. The molecule has 0 atom stereocenters. The first-order valence-electron chi connectivity index (χ1n) is 10.1. The molecule has 1 fully saturated rings. The van der Waals surface area contributed by atoms with Crippen molar-refractivity contribution in [1.82, 2.24) is 9.47 Å². The van der Waals surface area contributed by atoms with Crippen molar-refractivity contribution in [2.45, 2.75) is 26.8 Å². The van der Waals surface area contributed by atoms with Gasteiger partial charge in [0.05, 0.1) is 30.4 Å². The molecule has 0 unspecified atom stereocenters. The van der Waals surface area contributed by atoms with Gasteiger partial charge in [0, 0.05) is 13.1 Å². The number of carbonyl (C=O) groups is 2. The molecule has 160 valence electrons. The quantitative estimate of drug-likeness (QED) is 0.624. The Kier molecular flexibility index (Phi) is 7.59. The number of aryl methyl sites for hydroxylation is 1. The Morgan fingerprint density at radius 3 is 2.50 bits per heavy atom. The Hall–Kier alpha value is -2.71. The molecule has 1 aliphatic rings. The van der Waals surface area contributed by atoms with Crippen molar-refractivity contribution in [3.8, 4) is 0 Å². The summed E-state index contributed by atoms with van der Waals surface area (Å²) < 4.78 is 12.5. The number of benzene rings is 1. The minimum Gasteiger partial charge on any atom is -0.463 e. The van der Waals surface area contributed by atoms with Gasteiger partial charge in [-0.3, -0.25) is 14.2 Å². The topological polar surface area (TPSA) is 77.8 Å². The summed E-state index contributed by atoms with van der Waals surface area (Å²) in [4.78, 5) is 39.4. The first-order valence-corrected chi connectivity index (χ1v) is 10.9.